The molecule has 6 heteroatoms. The van der Waals surface area contributed by atoms with Gasteiger partial charge in [0, 0.05) is 47.0 Å². The third-order valence-corrected chi connectivity index (χ3v) is 4.65. The van der Waals surface area contributed by atoms with Crippen LogP contribution in [-0.2, 0) is 6.42 Å². The minimum atomic E-state index is -0.0482. The van der Waals surface area contributed by atoms with Crippen LogP contribution in [0.5, 0.6) is 0 Å². The first-order valence-corrected chi connectivity index (χ1v) is 9.10. The van der Waals surface area contributed by atoms with Crippen LogP contribution in [0.15, 0.2) is 71.5 Å². The highest BCUT2D eigenvalue weighted by Crippen LogP contribution is 2.25. The number of anilines is 1. The average Bonchev–Trinajstić information content (AvgIpc) is 3.17. The van der Waals surface area contributed by atoms with Gasteiger partial charge in [0.05, 0.1) is 0 Å². The number of hydrogen-bond donors (Lipinski definition) is 2. The average molecular weight is 379 g/mol. The summed E-state index contributed by atoms with van der Waals surface area (Å²) in [4.78, 5) is 4.13. The van der Waals surface area contributed by atoms with Gasteiger partial charge in [0.1, 0.15) is 5.69 Å². The van der Waals surface area contributed by atoms with Crippen molar-refractivity contribution in [3.63, 3.8) is 0 Å². The number of nitrogens with zero attached hydrogens (tertiary/aromatic N) is 2. The molecule has 0 aliphatic rings. The van der Waals surface area contributed by atoms with E-state index in [-0.39, 0.29) is 6.04 Å². The van der Waals surface area contributed by atoms with E-state index in [1.807, 2.05) is 54.7 Å². The number of aromatic nitrogens is 2. The molecule has 0 unspecified atom stereocenters. The number of halogens is 1. The molecule has 2 aromatic carbocycles. The van der Waals surface area contributed by atoms with Crippen molar-refractivity contribution >= 4 is 28.3 Å². The highest BCUT2D eigenvalue weighted by atomic mass is 35.5. The zero-order valence-corrected chi connectivity index (χ0v) is 15.4. The maximum absolute atomic E-state index is 6.21. The zero-order chi connectivity index (χ0) is 18.6. The molecule has 0 radical (unpaired) electrons. The molecule has 2 heterocycles. The summed E-state index contributed by atoms with van der Waals surface area (Å²) in [7, 11) is 0. The van der Waals surface area contributed by atoms with Crippen molar-refractivity contribution in [3.8, 4) is 11.3 Å². The summed E-state index contributed by atoms with van der Waals surface area (Å²) in [5, 5.41) is 10.3. The van der Waals surface area contributed by atoms with Gasteiger partial charge >= 0.3 is 0 Å². The van der Waals surface area contributed by atoms with Gasteiger partial charge in [0.25, 0.3) is 0 Å². The van der Waals surface area contributed by atoms with Gasteiger partial charge < -0.3 is 15.6 Å². The van der Waals surface area contributed by atoms with Crippen molar-refractivity contribution in [2.75, 3.05) is 11.9 Å². The van der Waals surface area contributed by atoms with Crippen LogP contribution in [-0.4, -0.2) is 22.7 Å². The second kappa shape index (κ2) is 7.78. The Labute approximate surface area is 162 Å². The van der Waals surface area contributed by atoms with Crippen molar-refractivity contribution < 1.29 is 4.52 Å². The van der Waals surface area contributed by atoms with E-state index in [2.05, 4.69) is 21.5 Å². The quantitative estimate of drug-likeness (QED) is 0.515. The van der Waals surface area contributed by atoms with Crippen molar-refractivity contribution in [1.82, 2.24) is 10.1 Å². The number of benzene rings is 2. The lowest BCUT2D eigenvalue weighted by Crippen LogP contribution is -2.31. The highest BCUT2D eigenvalue weighted by Gasteiger charge is 2.09. The van der Waals surface area contributed by atoms with E-state index in [4.69, 9.17) is 21.9 Å². The highest BCUT2D eigenvalue weighted by molar-refractivity contribution is 6.30. The van der Waals surface area contributed by atoms with Crippen LogP contribution in [0.2, 0.25) is 5.02 Å². The lowest BCUT2D eigenvalue weighted by molar-refractivity contribution is 0.433. The molecule has 0 aliphatic heterocycles. The van der Waals surface area contributed by atoms with E-state index < -0.39 is 0 Å². The van der Waals surface area contributed by atoms with Crippen LogP contribution < -0.4 is 11.1 Å². The first-order chi connectivity index (χ1) is 13.2. The largest absolute Gasteiger partial charge is 0.352 e. The molecule has 4 rings (SSSR count). The molecule has 0 amide bonds. The minimum Gasteiger partial charge on any atom is -0.352 e. The van der Waals surface area contributed by atoms with Crippen molar-refractivity contribution in [1.29, 1.82) is 0 Å². The Balaban J connectivity index is 1.39. The Morgan fingerprint density at radius 3 is 2.74 bits per heavy atom. The fourth-order valence-electron chi connectivity index (χ4n) is 2.96. The number of hydrogen-bond acceptors (Lipinski definition) is 5. The minimum absolute atomic E-state index is 0.0482. The third kappa shape index (κ3) is 4.27. The number of fused-ring (bicyclic) bond motifs is 1. The summed E-state index contributed by atoms with van der Waals surface area (Å²) in [5.41, 5.74) is 9.14. The number of nitrogens with one attached hydrogen (secondary N) is 1. The molecule has 0 bridgehead atoms. The lowest BCUT2D eigenvalue weighted by atomic mass is 10.1. The third-order valence-electron chi connectivity index (χ3n) is 4.40. The molecule has 136 valence electrons. The number of rotatable bonds is 6. The van der Waals surface area contributed by atoms with Crippen LogP contribution in [0.1, 0.15) is 5.56 Å². The summed E-state index contributed by atoms with van der Waals surface area (Å²) < 4.78 is 5.40. The second-order valence-electron chi connectivity index (χ2n) is 6.49. The first-order valence-electron chi connectivity index (χ1n) is 8.72. The molecule has 0 saturated heterocycles. The summed E-state index contributed by atoms with van der Waals surface area (Å²) >= 11 is 5.91. The summed E-state index contributed by atoms with van der Waals surface area (Å²) in [6.07, 6.45) is 4.38. The topological polar surface area (TPSA) is 77.0 Å². The van der Waals surface area contributed by atoms with Crippen molar-refractivity contribution in [2.45, 2.75) is 12.5 Å². The fourth-order valence-corrected chi connectivity index (χ4v) is 3.09. The Bertz CT molecular complexity index is 1050. The van der Waals surface area contributed by atoms with Crippen molar-refractivity contribution in [2.24, 2.45) is 5.73 Å². The van der Waals surface area contributed by atoms with Gasteiger partial charge in [0.15, 0.2) is 0 Å². The van der Waals surface area contributed by atoms with Gasteiger partial charge in [-0.2, -0.15) is 0 Å². The second-order valence-corrected chi connectivity index (χ2v) is 6.92. The Morgan fingerprint density at radius 2 is 1.89 bits per heavy atom. The fraction of sp³-hybridized carbons (Fsp3) is 0.143. The van der Waals surface area contributed by atoms with Crippen LogP contribution >= 0.6 is 11.6 Å². The van der Waals surface area contributed by atoms with E-state index in [0.717, 1.165) is 39.0 Å². The molecular weight excluding hydrogens is 360 g/mol. The van der Waals surface area contributed by atoms with E-state index in [0.29, 0.717) is 12.4 Å². The van der Waals surface area contributed by atoms with Gasteiger partial charge in [-0.15, -0.1) is 0 Å². The molecular formula is C21H19ClN4O. The maximum atomic E-state index is 6.21. The Kier molecular flexibility index (Phi) is 5.05. The summed E-state index contributed by atoms with van der Waals surface area (Å²) in [5.74, 6) is 0.603. The predicted molar refractivity (Wildman–Crippen MR) is 109 cm³/mol. The standard InChI is InChI=1S/C21H19ClN4O/c22-18-5-1-14(2-6-18)9-19(23)13-25-21-11-20(26-27-21)16-3-4-17-12-24-8-7-15(17)10-16/h1-8,10-12,19,25H,9,13,23H2/t19-/m1/s1. The van der Waals surface area contributed by atoms with Crippen LogP contribution in [0.4, 0.5) is 5.88 Å². The molecule has 4 aromatic rings. The van der Waals surface area contributed by atoms with Gasteiger partial charge in [0.2, 0.25) is 5.88 Å². The predicted octanol–water partition coefficient (Wildman–Crippen LogP) is 4.53. The number of nitrogens with two attached hydrogens (primary N) is 1. The Morgan fingerprint density at radius 1 is 1.04 bits per heavy atom. The molecule has 0 spiro atoms. The molecule has 0 fully saturated rings. The number of pyridine rings is 1. The SMILES string of the molecule is N[C@@H](CNc1cc(-c2ccc3cnccc3c2)no1)Cc1ccc(Cl)cc1. The van der Waals surface area contributed by atoms with Gasteiger partial charge in [-0.3, -0.25) is 4.98 Å². The molecule has 2 aromatic heterocycles. The van der Waals surface area contributed by atoms with E-state index in [9.17, 15) is 0 Å². The van der Waals surface area contributed by atoms with Gasteiger partial charge in [-0.05, 0) is 41.6 Å². The smallest absolute Gasteiger partial charge is 0.225 e. The molecule has 27 heavy (non-hydrogen) atoms. The Hall–Kier alpha value is -2.89. The lowest BCUT2D eigenvalue weighted by Gasteiger charge is -2.11. The first kappa shape index (κ1) is 17.5. The van der Waals surface area contributed by atoms with Crippen LogP contribution in [0, 0.1) is 0 Å². The monoisotopic (exact) mass is 378 g/mol. The van der Waals surface area contributed by atoms with Gasteiger partial charge in [-0.25, -0.2) is 0 Å². The summed E-state index contributed by atoms with van der Waals surface area (Å²) in [6.45, 7) is 0.584. The molecule has 3 N–H and O–H groups in total. The molecule has 0 aliphatic carbocycles. The molecule has 1 atom stereocenters. The molecule has 5 nitrogen and oxygen atoms in total. The van der Waals surface area contributed by atoms with E-state index >= 15 is 0 Å². The van der Waals surface area contributed by atoms with Crippen LogP contribution in [0.3, 0.4) is 0 Å². The maximum Gasteiger partial charge on any atom is 0.225 e. The van der Waals surface area contributed by atoms with E-state index in [1.165, 1.54) is 0 Å². The van der Waals surface area contributed by atoms with Gasteiger partial charge in [-0.1, -0.05) is 41.0 Å². The van der Waals surface area contributed by atoms with E-state index in [1.54, 1.807) is 6.20 Å². The summed E-state index contributed by atoms with van der Waals surface area (Å²) in [6, 6.07) is 17.7. The normalized spacial score (nSPS) is 12.2. The van der Waals surface area contributed by atoms with Crippen LogP contribution in [0.25, 0.3) is 22.0 Å². The zero-order valence-electron chi connectivity index (χ0n) is 14.6. The molecule has 0 saturated carbocycles. The van der Waals surface area contributed by atoms with Crippen molar-refractivity contribution in [3.05, 3.63) is 77.6 Å².